The van der Waals surface area contributed by atoms with Gasteiger partial charge in [-0.25, -0.2) is 13.2 Å². The van der Waals surface area contributed by atoms with Crippen molar-refractivity contribution >= 4 is 49.6 Å². The van der Waals surface area contributed by atoms with Crippen LogP contribution in [0.25, 0.3) is 6.08 Å². The Balaban J connectivity index is 2.69. The lowest BCUT2D eigenvalue weighted by Gasteiger charge is -2.31. The first-order valence-corrected chi connectivity index (χ1v) is 11.2. The van der Waals surface area contributed by atoms with Gasteiger partial charge in [0.05, 0.1) is 0 Å². The Morgan fingerprint density at radius 2 is 2.07 bits per heavy atom. The van der Waals surface area contributed by atoms with Gasteiger partial charge in [0.1, 0.15) is 18.5 Å². The van der Waals surface area contributed by atoms with E-state index >= 15 is 0 Å². The van der Waals surface area contributed by atoms with E-state index in [1.54, 1.807) is 0 Å². The van der Waals surface area contributed by atoms with Crippen LogP contribution in [-0.4, -0.2) is 65.0 Å². The third kappa shape index (κ3) is 4.55. The highest BCUT2D eigenvalue weighted by molar-refractivity contribution is 9.11. The van der Waals surface area contributed by atoms with Crippen LogP contribution >= 0.6 is 15.9 Å². The van der Waals surface area contributed by atoms with E-state index in [2.05, 4.69) is 20.9 Å². The summed E-state index contributed by atoms with van der Waals surface area (Å²) in [5.41, 5.74) is 5.00. The molecular weight excluding hydrogens is 490 g/mol. The summed E-state index contributed by atoms with van der Waals surface area (Å²) in [4.78, 5) is 37.5. The largest absolute Gasteiger partial charge is 0.463 e. The van der Waals surface area contributed by atoms with Crippen molar-refractivity contribution in [2.24, 2.45) is 0 Å². The third-order valence-corrected chi connectivity index (χ3v) is 6.23. The number of hydrogen-bond acceptors (Lipinski definition) is 11. The fourth-order valence-electron chi connectivity index (χ4n) is 2.93. The molecule has 0 saturated carbocycles. The molecule has 1 aromatic heterocycles. The van der Waals surface area contributed by atoms with Gasteiger partial charge in [-0.1, -0.05) is 15.9 Å². The van der Waals surface area contributed by atoms with E-state index in [-0.39, 0.29) is 11.4 Å². The lowest BCUT2D eigenvalue weighted by molar-refractivity contribution is -0.158. The third-order valence-electron chi connectivity index (χ3n) is 4.28. The van der Waals surface area contributed by atoms with E-state index < -0.39 is 57.4 Å². The maximum absolute atomic E-state index is 12.5. The Bertz CT molecular complexity index is 1040. The number of aliphatic hydroxyl groups is 1. The predicted molar refractivity (Wildman–Crippen MR) is 107 cm³/mol. The summed E-state index contributed by atoms with van der Waals surface area (Å²) in [7, 11) is -4.40. The van der Waals surface area contributed by atoms with Crippen LogP contribution < -0.4 is 11.4 Å². The number of anilines is 1. The van der Waals surface area contributed by atoms with Crippen molar-refractivity contribution in [1.29, 1.82) is 0 Å². The van der Waals surface area contributed by atoms with Crippen LogP contribution in [0.2, 0.25) is 0 Å². The fourth-order valence-corrected chi connectivity index (χ4v) is 4.41. The smallest absolute Gasteiger partial charge is 0.351 e. The fraction of sp³-hybridized carbons (Fsp3) is 0.500. The maximum Gasteiger partial charge on any atom is 0.351 e. The number of carbonyl (C=O) groups excluding carboxylic acids is 2. The molecule has 0 aliphatic carbocycles. The number of halogens is 1. The second-order valence-electron chi connectivity index (χ2n) is 6.44. The minimum atomic E-state index is -4.40. The van der Waals surface area contributed by atoms with Gasteiger partial charge in [-0.05, 0) is 11.1 Å². The average Bonchev–Trinajstić information content (AvgIpc) is 2.88. The second-order valence-corrected chi connectivity index (χ2v) is 9.16. The quantitative estimate of drug-likeness (QED) is 0.463. The molecular formula is C16H20BrN3O9S. The number of rotatable bonds is 6. The summed E-state index contributed by atoms with van der Waals surface area (Å²) in [5.74, 6) is -1.83. The maximum atomic E-state index is 12.5. The predicted octanol–water partition coefficient (Wildman–Crippen LogP) is -0.683. The standard InChI is InChI=1S/C16H20BrN3O9S/c1-8(21)27-7-11-16(24,30(3,25)26)12(28-9(2)22)14(29-11)20-6-10(4-5-17)13(18)19-15(20)23/h4-6,11-12,14,24H,7H2,1-3H3,(H2,18,19,23)/t11-,12+,14+,16-/m0/s1. The highest BCUT2D eigenvalue weighted by atomic mass is 79.9. The highest BCUT2D eigenvalue weighted by Gasteiger charge is 2.65. The van der Waals surface area contributed by atoms with Gasteiger partial charge in [0.15, 0.2) is 22.2 Å². The van der Waals surface area contributed by atoms with Gasteiger partial charge in [0, 0.05) is 31.9 Å². The molecule has 166 valence electrons. The Hall–Kier alpha value is -2.29. The first kappa shape index (κ1) is 24.0. The van der Waals surface area contributed by atoms with Crippen LogP contribution in [0.5, 0.6) is 0 Å². The van der Waals surface area contributed by atoms with E-state index in [9.17, 15) is 27.9 Å². The van der Waals surface area contributed by atoms with E-state index in [1.165, 1.54) is 17.3 Å². The molecule has 14 heteroatoms. The molecule has 12 nitrogen and oxygen atoms in total. The van der Waals surface area contributed by atoms with Gasteiger partial charge >= 0.3 is 17.6 Å². The molecule has 1 aliphatic rings. The van der Waals surface area contributed by atoms with Gasteiger partial charge in [-0.3, -0.25) is 14.2 Å². The van der Waals surface area contributed by atoms with E-state index in [1.807, 2.05) is 0 Å². The summed E-state index contributed by atoms with van der Waals surface area (Å²) < 4.78 is 41.2. The van der Waals surface area contributed by atoms with Crippen molar-refractivity contribution in [3.63, 3.8) is 0 Å². The summed E-state index contributed by atoms with van der Waals surface area (Å²) in [6.07, 6.45) is -1.83. The van der Waals surface area contributed by atoms with E-state index in [4.69, 9.17) is 19.9 Å². The topological polar surface area (TPSA) is 177 Å². The van der Waals surface area contributed by atoms with Gasteiger partial charge in [0.25, 0.3) is 0 Å². The number of sulfone groups is 1. The summed E-state index contributed by atoms with van der Waals surface area (Å²) in [6, 6.07) is 0. The SMILES string of the molecule is CC(=O)OC[C@@H]1O[C@@H](n2cc(C=CBr)c(N)nc2=O)[C@@H](OC(C)=O)[C@@]1(O)S(C)(=O)=O. The van der Waals surface area contributed by atoms with Crippen molar-refractivity contribution in [1.82, 2.24) is 9.55 Å². The Morgan fingerprint density at radius 3 is 2.57 bits per heavy atom. The Labute approximate surface area is 179 Å². The second kappa shape index (κ2) is 8.83. The van der Waals surface area contributed by atoms with E-state index in [0.717, 1.165) is 18.4 Å². The lowest BCUT2D eigenvalue weighted by Crippen LogP contribution is -2.56. The highest BCUT2D eigenvalue weighted by Crippen LogP contribution is 2.42. The van der Waals surface area contributed by atoms with E-state index in [0.29, 0.717) is 6.26 Å². The molecule has 2 rings (SSSR count). The monoisotopic (exact) mass is 509 g/mol. The molecule has 3 N–H and O–H groups in total. The zero-order valence-electron chi connectivity index (χ0n) is 16.1. The van der Waals surface area contributed by atoms with Crippen molar-refractivity contribution in [2.45, 2.75) is 37.2 Å². The van der Waals surface area contributed by atoms with Gasteiger partial charge in [-0.2, -0.15) is 4.98 Å². The normalized spacial score (nSPS) is 26.6. The van der Waals surface area contributed by atoms with Gasteiger partial charge < -0.3 is 25.1 Å². The molecule has 0 amide bonds. The lowest BCUT2D eigenvalue weighted by atomic mass is 10.1. The molecule has 0 spiro atoms. The molecule has 1 saturated heterocycles. The van der Waals surface area contributed by atoms with Crippen LogP contribution in [-0.2, 0) is 33.6 Å². The summed E-state index contributed by atoms with van der Waals surface area (Å²) in [6.45, 7) is 1.38. The molecule has 0 radical (unpaired) electrons. The average molecular weight is 510 g/mol. The van der Waals surface area contributed by atoms with Crippen LogP contribution in [0.1, 0.15) is 25.6 Å². The first-order chi connectivity index (χ1) is 13.8. The number of ether oxygens (including phenoxy) is 3. The van der Waals surface area contributed by atoms with Crippen LogP contribution in [0.15, 0.2) is 16.0 Å². The van der Waals surface area contributed by atoms with Crippen LogP contribution in [0.3, 0.4) is 0 Å². The molecule has 0 bridgehead atoms. The molecule has 1 fully saturated rings. The number of esters is 2. The molecule has 0 aromatic carbocycles. The number of nitrogen functional groups attached to an aromatic ring is 1. The molecule has 0 unspecified atom stereocenters. The summed E-state index contributed by atoms with van der Waals surface area (Å²) in [5, 5.41) is 11.1. The molecule has 2 heterocycles. The minimum Gasteiger partial charge on any atom is -0.463 e. The Kier molecular flexibility index (Phi) is 7.06. The van der Waals surface area contributed by atoms with Crippen molar-refractivity contribution in [2.75, 3.05) is 18.6 Å². The summed E-state index contributed by atoms with van der Waals surface area (Å²) >= 11 is 3.06. The molecule has 1 aliphatic heterocycles. The molecule has 30 heavy (non-hydrogen) atoms. The van der Waals surface area contributed by atoms with Gasteiger partial charge in [0.2, 0.25) is 4.93 Å². The number of carbonyl (C=O) groups is 2. The van der Waals surface area contributed by atoms with Crippen molar-refractivity contribution in [3.05, 3.63) is 27.2 Å². The zero-order valence-corrected chi connectivity index (χ0v) is 18.5. The number of hydrogen-bond donors (Lipinski definition) is 2. The Morgan fingerprint density at radius 1 is 1.43 bits per heavy atom. The number of aromatic nitrogens is 2. The van der Waals surface area contributed by atoms with Crippen LogP contribution in [0.4, 0.5) is 5.82 Å². The number of nitrogens with two attached hydrogens (primary N) is 1. The first-order valence-electron chi connectivity index (χ1n) is 8.36. The molecule has 4 atom stereocenters. The van der Waals surface area contributed by atoms with Crippen LogP contribution in [0, 0.1) is 0 Å². The zero-order chi connectivity index (χ0) is 22.9. The van der Waals surface area contributed by atoms with Crippen molar-refractivity contribution < 1.29 is 37.3 Å². The minimum absolute atomic E-state index is 0.121. The number of nitrogens with zero attached hydrogens (tertiary/aromatic N) is 2. The van der Waals surface area contributed by atoms with Crippen molar-refractivity contribution in [3.8, 4) is 0 Å². The molecule has 1 aromatic rings. The van der Waals surface area contributed by atoms with Gasteiger partial charge in [-0.15, -0.1) is 0 Å².